The molecular weight excluding hydrogens is 548 g/mol. The highest BCUT2D eigenvalue weighted by Gasteiger charge is 2.15. The van der Waals surface area contributed by atoms with Crippen LogP contribution in [0, 0.1) is 0 Å². The highest BCUT2D eigenvalue weighted by molar-refractivity contribution is 7.99. The van der Waals surface area contributed by atoms with Crippen LogP contribution in [0.1, 0.15) is 5.56 Å². The summed E-state index contributed by atoms with van der Waals surface area (Å²) in [5.74, 6) is 1.25. The zero-order valence-electron chi connectivity index (χ0n) is 22.1. The summed E-state index contributed by atoms with van der Waals surface area (Å²) < 4.78 is 44.2. The van der Waals surface area contributed by atoms with Crippen molar-refractivity contribution in [3.8, 4) is 17.2 Å². The molecule has 0 bridgehead atoms. The molecular formula is C30H30N2O6S2. The highest BCUT2D eigenvalue weighted by atomic mass is 32.2. The van der Waals surface area contributed by atoms with E-state index in [1.165, 1.54) is 24.3 Å². The number of nitrogens with one attached hydrogen (secondary N) is 2. The molecule has 0 aliphatic rings. The fraction of sp³-hybridized carbons (Fsp3) is 0.167. The van der Waals surface area contributed by atoms with Gasteiger partial charge in [-0.05, 0) is 72.6 Å². The summed E-state index contributed by atoms with van der Waals surface area (Å²) >= 11 is 1.55. The van der Waals surface area contributed by atoms with Crippen molar-refractivity contribution >= 4 is 33.4 Å². The summed E-state index contributed by atoms with van der Waals surface area (Å²) in [6, 6.07) is 28.8. The second-order valence-corrected chi connectivity index (χ2v) is 11.4. The first-order valence-corrected chi connectivity index (χ1v) is 14.7. The number of amides is 1. The maximum atomic E-state index is 12.7. The SMILES string of the molecule is COc1ccc(CCNS(=O)(=O)c2ccc(OCC(=O)Nc3ccccc3Sc3ccccc3)cc2)cc1OC. The van der Waals surface area contributed by atoms with E-state index in [0.29, 0.717) is 29.4 Å². The van der Waals surface area contributed by atoms with Gasteiger partial charge in [-0.25, -0.2) is 13.1 Å². The molecule has 0 heterocycles. The number of hydrogen-bond acceptors (Lipinski definition) is 7. The third-order valence-corrected chi connectivity index (χ3v) is 8.35. The summed E-state index contributed by atoms with van der Waals surface area (Å²) in [6.45, 7) is -0.0136. The lowest BCUT2D eigenvalue weighted by atomic mass is 10.1. The third-order valence-electron chi connectivity index (χ3n) is 5.79. The topological polar surface area (TPSA) is 103 Å². The van der Waals surface area contributed by atoms with Gasteiger partial charge in [-0.2, -0.15) is 0 Å². The summed E-state index contributed by atoms with van der Waals surface area (Å²) in [6.07, 6.45) is 0.475. The molecule has 0 aromatic heterocycles. The first-order chi connectivity index (χ1) is 19.4. The quantitative estimate of drug-likeness (QED) is 0.219. The molecule has 208 valence electrons. The van der Waals surface area contributed by atoms with Crippen LogP contribution in [0.15, 0.2) is 112 Å². The maximum absolute atomic E-state index is 12.7. The number of para-hydroxylation sites is 1. The molecule has 0 radical (unpaired) electrons. The summed E-state index contributed by atoms with van der Waals surface area (Å²) in [4.78, 5) is 14.6. The van der Waals surface area contributed by atoms with Gasteiger partial charge in [0.05, 0.1) is 24.8 Å². The lowest BCUT2D eigenvalue weighted by Crippen LogP contribution is -2.26. The van der Waals surface area contributed by atoms with E-state index in [-0.39, 0.29) is 24.0 Å². The van der Waals surface area contributed by atoms with Crippen molar-refractivity contribution in [3.05, 3.63) is 103 Å². The van der Waals surface area contributed by atoms with E-state index in [4.69, 9.17) is 14.2 Å². The van der Waals surface area contributed by atoms with Crippen LogP contribution in [0.5, 0.6) is 17.2 Å². The average molecular weight is 579 g/mol. The van der Waals surface area contributed by atoms with Crippen molar-refractivity contribution in [2.45, 2.75) is 21.1 Å². The predicted octanol–water partition coefficient (Wildman–Crippen LogP) is 5.39. The number of rotatable bonds is 13. The molecule has 8 nitrogen and oxygen atoms in total. The zero-order valence-corrected chi connectivity index (χ0v) is 23.8. The van der Waals surface area contributed by atoms with E-state index >= 15 is 0 Å². The van der Waals surface area contributed by atoms with E-state index < -0.39 is 10.0 Å². The standard InChI is InChI=1S/C30H30N2O6S2/c1-36-27-17-12-22(20-28(27)37-2)18-19-31-40(34,35)25-15-13-23(14-16-25)38-21-30(33)32-26-10-6-7-11-29(26)39-24-8-4-3-5-9-24/h3-17,20,31H,18-19,21H2,1-2H3,(H,32,33). The van der Waals surface area contributed by atoms with E-state index in [2.05, 4.69) is 10.0 Å². The highest BCUT2D eigenvalue weighted by Crippen LogP contribution is 2.33. The Morgan fingerprint density at radius 2 is 1.52 bits per heavy atom. The molecule has 0 saturated heterocycles. The van der Waals surface area contributed by atoms with Gasteiger partial charge >= 0.3 is 0 Å². The van der Waals surface area contributed by atoms with Crippen LogP contribution in [0.2, 0.25) is 0 Å². The maximum Gasteiger partial charge on any atom is 0.262 e. The monoisotopic (exact) mass is 578 g/mol. The van der Waals surface area contributed by atoms with Gasteiger partial charge in [0, 0.05) is 16.3 Å². The Morgan fingerprint density at radius 1 is 0.825 bits per heavy atom. The molecule has 0 unspecified atom stereocenters. The smallest absolute Gasteiger partial charge is 0.262 e. The molecule has 0 saturated carbocycles. The minimum absolute atomic E-state index is 0.100. The Labute approximate surface area is 238 Å². The summed E-state index contributed by atoms with van der Waals surface area (Å²) in [7, 11) is -0.611. The molecule has 40 heavy (non-hydrogen) atoms. The molecule has 0 spiro atoms. The molecule has 0 fully saturated rings. The van der Waals surface area contributed by atoms with E-state index in [9.17, 15) is 13.2 Å². The number of ether oxygens (including phenoxy) is 3. The normalized spacial score (nSPS) is 11.1. The van der Waals surface area contributed by atoms with Crippen molar-refractivity contribution in [1.82, 2.24) is 4.72 Å². The number of sulfonamides is 1. The van der Waals surface area contributed by atoms with Crippen molar-refractivity contribution in [1.29, 1.82) is 0 Å². The minimum Gasteiger partial charge on any atom is -0.493 e. The number of benzene rings is 4. The molecule has 1 amide bonds. The van der Waals surface area contributed by atoms with Crippen LogP contribution in [-0.2, 0) is 21.2 Å². The van der Waals surface area contributed by atoms with Gasteiger partial charge < -0.3 is 19.5 Å². The van der Waals surface area contributed by atoms with Crippen LogP contribution < -0.4 is 24.2 Å². The molecule has 0 aliphatic carbocycles. The molecule has 10 heteroatoms. The van der Waals surface area contributed by atoms with Crippen LogP contribution in [0.3, 0.4) is 0 Å². The van der Waals surface area contributed by atoms with E-state index in [1.807, 2.05) is 66.7 Å². The Hall–Kier alpha value is -3.99. The van der Waals surface area contributed by atoms with Crippen LogP contribution in [-0.4, -0.2) is 41.7 Å². The second-order valence-electron chi connectivity index (χ2n) is 8.56. The fourth-order valence-corrected chi connectivity index (χ4v) is 5.73. The first-order valence-electron chi connectivity index (χ1n) is 12.4. The lowest BCUT2D eigenvalue weighted by Gasteiger charge is -2.12. The zero-order chi connectivity index (χ0) is 28.4. The number of carbonyl (C=O) groups excluding carboxylic acids is 1. The van der Waals surface area contributed by atoms with Gasteiger partial charge in [-0.1, -0.05) is 48.2 Å². The number of hydrogen-bond donors (Lipinski definition) is 2. The molecule has 2 N–H and O–H groups in total. The fourth-order valence-electron chi connectivity index (χ4n) is 3.77. The molecule has 0 atom stereocenters. The van der Waals surface area contributed by atoms with Crippen LogP contribution in [0.25, 0.3) is 0 Å². The summed E-state index contributed by atoms with van der Waals surface area (Å²) in [5.41, 5.74) is 1.59. The Balaban J connectivity index is 1.28. The molecule has 4 aromatic rings. The van der Waals surface area contributed by atoms with Crippen molar-refractivity contribution in [2.24, 2.45) is 0 Å². The van der Waals surface area contributed by atoms with Gasteiger partial charge in [0.1, 0.15) is 5.75 Å². The number of carbonyl (C=O) groups is 1. The Morgan fingerprint density at radius 3 is 2.25 bits per heavy atom. The predicted molar refractivity (Wildman–Crippen MR) is 156 cm³/mol. The van der Waals surface area contributed by atoms with E-state index in [1.54, 1.807) is 32.0 Å². The number of anilines is 1. The summed E-state index contributed by atoms with van der Waals surface area (Å²) in [5, 5.41) is 2.88. The van der Waals surface area contributed by atoms with Gasteiger partial charge in [-0.3, -0.25) is 4.79 Å². The molecule has 4 rings (SSSR count). The van der Waals surface area contributed by atoms with Gasteiger partial charge in [0.15, 0.2) is 18.1 Å². The minimum atomic E-state index is -3.72. The lowest BCUT2D eigenvalue weighted by molar-refractivity contribution is -0.118. The van der Waals surface area contributed by atoms with Gasteiger partial charge in [0.25, 0.3) is 5.91 Å². The first kappa shape index (κ1) is 29.0. The molecule has 4 aromatic carbocycles. The van der Waals surface area contributed by atoms with Crippen molar-refractivity contribution < 1.29 is 27.4 Å². The Bertz CT molecular complexity index is 1530. The van der Waals surface area contributed by atoms with Crippen LogP contribution in [0.4, 0.5) is 5.69 Å². The van der Waals surface area contributed by atoms with Gasteiger partial charge in [-0.15, -0.1) is 0 Å². The van der Waals surface area contributed by atoms with Crippen molar-refractivity contribution in [2.75, 3.05) is 32.7 Å². The Kier molecular flexibility index (Phi) is 10.1. The largest absolute Gasteiger partial charge is 0.493 e. The van der Waals surface area contributed by atoms with Crippen molar-refractivity contribution in [3.63, 3.8) is 0 Å². The van der Waals surface area contributed by atoms with Crippen LogP contribution >= 0.6 is 11.8 Å². The number of methoxy groups -OCH3 is 2. The molecule has 0 aliphatic heterocycles. The average Bonchev–Trinajstić information content (AvgIpc) is 2.97. The van der Waals surface area contributed by atoms with E-state index in [0.717, 1.165) is 15.4 Å². The second kappa shape index (κ2) is 13.9. The third kappa shape index (κ3) is 8.01. The van der Waals surface area contributed by atoms with Gasteiger partial charge in [0.2, 0.25) is 10.0 Å².